The second-order valence-corrected chi connectivity index (χ2v) is 5.39. The molecular formula is C12H23N3O3. The smallest absolute Gasteiger partial charge is 0.326 e. The highest BCUT2D eigenvalue weighted by Crippen LogP contribution is 2.07. The fourth-order valence-electron chi connectivity index (χ4n) is 2.13. The molecule has 0 aromatic rings. The molecule has 0 spiro atoms. The van der Waals surface area contributed by atoms with Crippen LogP contribution >= 0.6 is 0 Å². The van der Waals surface area contributed by atoms with Crippen LogP contribution in [0.15, 0.2) is 0 Å². The van der Waals surface area contributed by atoms with Crippen molar-refractivity contribution >= 4 is 12.0 Å². The maximum Gasteiger partial charge on any atom is 0.326 e. The number of urea groups is 1. The van der Waals surface area contributed by atoms with Crippen molar-refractivity contribution in [2.75, 3.05) is 20.1 Å². The molecule has 0 radical (unpaired) electrons. The third kappa shape index (κ3) is 4.91. The number of hydrogen-bond acceptors (Lipinski definition) is 3. The van der Waals surface area contributed by atoms with Crippen LogP contribution in [0.2, 0.25) is 0 Å². The number of rotatable bonds is 5. The van der Waals surface area contributed by atoms with Crippen molar-refractivity contribution < 1.29 is 14.7 Å². The van der Waals surface area contributed by atoms with Gasteiger partial charge in [0.2, 0.25) is 0 Å². The normalized spacial score (nSPS) is 21.9. The Morgan fingerprint density at radius 3 is 2.56 bits per heavy atom. The van der Waals surface area contributed by atoms with E-state index in [1.165, 1.54) is 0 Å². The van der Waals surface area contributed by atoms with Gasteiger partial charge < -0.3 is 20.6 Å². The highest BCUT2D eigenvalue weighted by Gasteiger charge is 2.24. The van der Waals surface area contributed by atoms with E-state index in [-0.39, 0.29) is 18.0 Å². The molecule has 1 fully saturated rings. The van der Waals surface area contributed by atoms with Gasteiger partial charge in [-0.2, -0.15) is 0 Å². The first kappa shape index (κ1) is 14.8. The lowest BCUT2D eigenvalue weighted by atomic mass is 10.0. The van der Waals surface area contributed by atoms with E-state index >= 15 is 0 Å². The molecule has 1 aliphatic heterocycles. The van der Waals surface area contributed by atoms with Gasteiger partial charge >= 0.3 is 12.0 Å². The van der Waals surface area contributed by atoms with Gasteiger partial charge in [0.15, 0.2) is 0 Å². The van der Waals surface area contributed by atoms with Gasteiger partial charge in [0.1, 0.15) is 6.04 Å². The minimum absolute atomic E-state index is 0.114. The number of amides is 2. The number of nitrogens with zero attached hydrogens (tertiary/aromatic N) is 1. The van der Waals surface area contributed by atoms with Crippen molar-refractivity contribution in [3.8, 4) is 0 Å². The van der Waals surface area contributed by atoms with E-state index in [2.05, 4.69) is 15.5 Å². The highest BCUT2D eigenvalue weighted by molar-refractivity contribution is 5.82. The van der Waals surface area contributed by atoms with Crippen molar-refractivity contribution in [1.29, 1.82) is 0 Å². The van der Waals surface area contributed by atoms with Gasteiger partial charge in [0, 0.05) is 12.6 Å². The second-order valence-electron chi connectivity index (χ2n) is 5.39. The summed E-state index contributed by atoms with van der Waals surface area (Å²) in [6.45, 7) is 5.64. The second kappa shape index (κ2) is 6.58. The molecule has 0 aromatic carbocycles. The summed E-state index contributed by atoms with van der Waals surface area (Å²) in [7, 11) is 2.00. The van der Waals surface area contributed by atoms with Crippen LogP contribution in [0.4, 0.5) is 4.79 Å². The average molecular weight is 257 g/mol. The minimum atomic E-state index is -0.984. The quantitative estimate of drug-likeness (QED) is 0.669. The van der Waals surface area contributed by atoms with Crippen LogP contribution in [0, 0.1) is 5.92 Å². The molecule has 6 heteroatoms. The Morgan fingerprint density at radius 1 is 1.44 bits per heavy atom. The molecule has 2 atom stereocenters. The molecule has 1 saturated heterocycles. The number of carboxylic acids is 1. The topological polar surface area (TPSA) is 81.7 Å². The molecule has 1 unspecified atom stereocenters. The SMILES string of the molecule is CC(C)C[C@@H](NC(=O)NC1CCN(C)C1)C(=O)O. The van der Waals surface area contributed by atoms with Crippen LogP contribution in [-0.2, 0) is 4.79 Å². The zero-order chi connectivity index (χ0) is 13.7. The van der Waals surface area contributed by atoms with Crippen LogP contribution in [0.3, 0.4) is 0 Å². The number of carbonyl (C=O) groups is 2. The minimum Gasteiger partial charge on any atom is -0.480 e. The molecule has 18 heavy (non-hydrogen) atoms. The van der Waals surface area contributed by atoms with Gasteiger partial charge in [0.05, 0.1) is 0 Å². The third-order valence-corrected chi connectivity index (χ3v) is 3.04. The summed E-state index contributed by atoms with van der Waals surface area (Å²) in [6.07, 6.45) is 1.35. The number of nitrogens with one attached hydrogen (secondary N) is 2. The van der Waals surface area contributed by atoms with Crippen LogP contribution < -0.4 is 10.6 Å². The van der Waals surface area contributed by atoms with E-state index in [9.17, 15) is 9.59 Å². The predicted octanol–water partition coefficient (Wildman–Crippen LogP) is 0.489. The zero-order valence-electron chi connectivity index (χ0n) is 11.3. The number of likely N-dealkylation sites (tertiary alicyclic amines) is 1. The van der Waals surface area contributed by atoms with Gasteiger partial charge in [-0.15, -0.1) is 0 Å². The number of likely N-dealkylation sites (N-methyl/N-ethyl adjacent to an activating group) is 1. The zero-order valence-corrected chi connectivity index (χ0v) is 11.3. The highest BCUT2D eigenvalue weighted by atomic mass is 16.4. The van der Waals surface area contributed by atoms with Crippen molar-refractivity contribution in [2.45, 2.75) is 38.8 Å². The van der Waals surface area contributed by atoms with E-state index in [0.29, 0.717) is 6.42 Å². The monoisotopic (exact) mass is 257 g/mol. The molecular weight excluding hydrogens is 234 g/mol. The first-order chi connectivity index (χ1) is 8.38. The van der Waals surface area contributed by atoms with E-state index in [4.69, 9.17) is 5.11 Å². The number of carboxylic acid groups (broad SMARTS) is 1. The molecule has 0 aromatic heterocycles. The van der Waals surface area contributed by atoms with E-state index in [1.54, 1.807) is 0 Å². The molecule has 1 rings (SSSR count). The Hall–Kier alpha value is -1.30. The summed E-state index contributed by atoms with van der Waals surface area (Å²) in [5, 5.41) is 14.4. The summed E-state index contributed by atoms with van der Waals surface area (Å²) >= 11 is 0. The van der Waals surface area contributed by atoms with Gasteiger partial charge in [-0.3, -0.25) is 0 Å². The number of hydrogen-bond donors (Lipinski definition) is 3. The standard InChI is InChI=1S/C12H23N3O3/c1-8(2)6-10(11(16)17)14-12(18)13-9-4-5-15(3)7-9/h8-10H,4-7H2,1-3H3,(H,16,17)(H2,13,14,18)/t9?,10-/m1/s1. The summed E-state index contributed by atoms with van der Waals surface area (Å²) in [6, 6.07) is -1.09. The lowest BCUT2D eigenvalue weighted by molar-refractivity contribution is -0.139. The lowest BCUT2D eigenvalue weighted by Crippen LogP contribution is -2.49. The first-order valence-corrected chi connectivity index (χ1v) is 6.37. The fraction of sp³-hybridized carbons (Fsp3) is 0.833. The van der Waals surface area contributed by atoms with Crippen LogP contribution in [0.5, 0.6) is 0 Å². The summed E-state index contributed by atoms with van der Waals surface area (Å²) in [5.74, 6) is -0.758. The van der Waals surface area contributed by atoms with Crippen LogP contribution in [0.25, 0.3) is 0 Å². The maximum absolute atomic E-state index is 11.7. The Bertz CT molecular complexity index is 307. The van der Waals surface area contributed by atoms with Gasteiger partial charge in [-0.05, 0) is 32.4 Å². The van der Waals surface area contributed by atoms with E-state index in [0.717, 1.165) is 19.5 Å². The van der Waals surface area contributed by atoms with Crippen LogP contribution in [-0.4, -0.2) is 54.2 Å². The summed E-state index contributed by atoms with van der Waals surface area (Å²) in [4.78, 5) is 24.8. The predicted molar refractivity (Wildman–Crippen MR) is 68.4 cm³/mol. The Labute approximate surface area is 108 Å². The average Bonchev–Trinajstić information content (AvgIpc) is 2.62. The Balaban J connectivity index is 2.39. The molecule has 1 heterocycles. The summed E-state index contributed by atoms with van der Waals surface area (Å²) in [5.41, 5.74) is 0. The Kier molecular flexibility index (Phi) is 5.40. The molecule has 1 aliphatic rings. The van der Waals surface area contributed by atoms with Crippen molar-refractivity contribution in [3.63, 3.8) is 0 Å². The Morgan fingerprint density at radius 2 is 2.11 bits per heavy atom. The van der Waals surface area contributed by atoms with Gasteiger partial charge in [0.25, 0.3) is 0 Å². The van der Waals surface area contributed by atoms with Crippen molar-refractivity contribution in [2.24, 2.45) is 5.92 Å². The first-order valence-electron chi connectivity index (χ1n) is 6.37. The molecule has 0 bridgehead atoms. The largest absolute Gasteiger partial charge is 0.480 e. The number of aliphatic carboxylic acids is 1. The molecule has 104 valence electrons. The van der Waals surface area contributed by atoms with Crippen molar-refractivity contribution in [3.05, 3.63) is 0 Å². The third-order valence-electron chi connectivity index (χ3n) is 3.04. The maximum atomic E-state index is 11.7. The number of carbonyl (C=O) groups excluding carboxylic acids is 1. The fourth-order valence-corrected chi connectivity index (χ4v) is 2.13. The summed E-state index contributed by atoms with van der Waals surface area (Å²) < 4.78 is 0. The molecule has 3 N–H and O–H groups in total. The molecule has 0 aliphatic carbocycles. The van der Waals surface area contributed by atoms with Gasteiger partial charge in [-0.25, -0.2) is 9.59 Å². The van der Waals surface area contributed by atoms with Crippen molar-refractivity contribution in [1.82, 2.24) is 15.5 Å². The van der Waals surface area contributed by atoms with E-state index in [1.807, 2.05) is 20.9 Å². The molecule has 6 nitrogen and oxygen atoms in total. The van der Waals surface area contributed by atoms with Gasteiger partial charge in [-0.1, -0.05) is 13.8 Å². The van der Waals surface area contributed by atoms with Crippen LogP contribution in [0.1, 0.15) is 26.7 Å². The molecule has 2 amide bonds. The molecule has 0 saturated carbocycles. The van der Waals surface area contributed by atoms with E-state index < -0.39 is 12.0 Å². The lowest BCUT2D eigenvalue weighted by Gasteiger charge is -2.19.